The van der Waals surface area contributed by atoms with Crippen molar-refractivity contribution in [2.45, 2.75) is 26.4 Å². The van der Waals surface area contributed by atoms with Gasteiger partial charge in [0.1, 0.15) is 0 Å². The molecule has 0 saturated carbocycles. The molecule has 0 spiro atoms. The van der Waals surface area contributed by atoms with Crippen LogP contribution in [0.4, 0.5) is 5.69 Å². The summed E-state index contributed by atoms with van der Waals surface area (Å²) in [4.78, 5) is 11.5. The molecule has 0 fully saturated rings. The molecular formula is C15H19N3O2. The summed E-state index contributed by atoms with van der Waals surface area (Å²) in [5.74, 6) is -0.332. The number of ether oxygens (including phenoxy) is 1. The molecule has 0 amide bonds. The molecule has 2 rings (SSSR count). The zero-order valence-corrected chi connectivity index (χ0v) is 12.0. The van der Waals surface area contributed by atoms with Crippen molar-refractivity contribution < 1.29 is 9.53 Å². The summed E-state index contributed by atoms with van der Waals surface area (Å²) < 4.78 is 6.62. The first-order chi connectivity index (χ1) is 9.60. The first kappa shape index (κ1) is 14.1. The van der Waals surface area contributed by atoms with Crippen molar-refractivity contribution in [3.63, 3.8) is 0 Å². The molecule has 2 aromatic rings. The van der Waals surface area contributed by atoms with Crippen LogP contribution in [-0.4, -0.2) is 22.9 Å². The van der Waals surface area contributed by atoms with Gasteiger partial charge in [0.15, 0.2) is 0 Å². The van der Waals surface area contributed by atoms with E-state index in [-0.39, 0.29) is 5.97 Å². The maximum Gasteiger partial charge on any atom is 0.337 e. The SMILES string of the molecule is COC(=O)c1cccc(NCc2cnn(C(C)C)c2)c1. The smallest absolute Gasteiger partial charge is 0.337 e. The van der Waals surface area contributed by atoms with Crippen molar-refractivity contribution in [3.05, 3.63) is 47.8 Å². The summed E-state index contributed by atoms with van der Waals surface area (Å²) in [6.07, 6.45) is 3.86. The zero-order valence-electron chi connectivity index (χ0n) is 12.0. The fraction of sp³-hybridized carbons (Fsp3) is 0.333. The number of nitrogens with one attached hydrogen (secondary N) is 1. The van der Waals surface area contributed by atoms with Gasteiger partial charge in [-0.3, -0.25) is 4.68 Å². The first-order valence-corrected chi connectivity index (χ1v) is 6.55. The Balaban J connectivity index is 2.01. The molecule has 0 saturated heterocycles. The van der Waals surface area contributed by atoms with Crippen LogP contribution in [0.15, 0.2) is 36.7 Å². The Labute approximate surface area is 118 Å². The molecule has 0 atom stereocenters. The van der Waals surface area contributed by atoms with E-state index in [9.17, 15) is 4.79 Å². The average molecular weight is 273 g/mol. The molecular weight excluding hydrogens is 254 g/mol. The van der Waals surface area contributed by atoms with E-state index in [1.807, 2.05) is 29.2 Å². The van der Waals surface area contributed by atoms with E-state index >= 15 is 0 Å². The molecule has 5 nitrogen and oxygen atoms in total. The first-order valence-electron chi connectivity index (χ1n) is 6.55. The average Bonchev–Trinajstić information content (AvgIpc) is 2.93. The van der Waals surface area contributed by atoms with Crippen LogP contribution >= 0.6 is 0 Å². The third kappa shape index (κ3) is 3.38. The van der Waals surface area contributed by atoms with Crippen molar-refractivity contribution in [3.8, 4) is 0 Å². The molecule has 1 N–H and O–H groups in total. The number of carbonyl (C=O) groups excluding carboxylic acids is 1. The summed E-state index contributed by atoms with van der Waals surface area (Å²) >= 11 is 0. The van der Waals surface area contributed by atoms with E-state index in [1.165, 1.54) is 7.11 Å². The van der Waals surface area contributed by atoms with E-state index < -0.39 is 0 Å². The lowest BCUT2D eigenvalue weighted by atomic mass is 10.2. The lowest BCUT2D eigenvalue weighted by Gasteiger charge is -2.07. The van der Waals surface area contributed by atoms with E-state index in [4.69, 9.17) is 4.74 Å². The number of methoxy groups -OCH3 is 1. The van der Waals surface area contributed by atoms with Gasteiger partial charge in [0.05, 0.1) is 18.9 Å². The molecule has 0 bridgehead atoms. The summed E-state index contributed by atoms with van der Waals surface area (Å²) in [6, 6.07) is 7.60. The maximum atomic E-state index is 11.5. The molecule has 5 heteroatoms. The predicted octanol–water partition coefficient (Wildman–Crippen LogP) is 2.86. The zero-order chi connectivity index (χ0) is 14.5. The Morgan fingerprint density at radius 1 is 1.45 bits per heavy atom. The number of benzene rings is 1. The summed E-state index contributed by atoms with van der Waals surface area (Å²) in [6.45, 7) is 4.84. The monoisotopic (exact) mass is 273 g/mol. The maximum absolute atomic E-state index is 11.5. The van der Waals surface area contributed by atoms with Gasteiger partial charge in [0.25, 0.3) is 0 Å². The molecule has 0 unspecified atom stereocenters. The number of hydrogen-bond acceptors (Lipinski definition) is 4. The van der Waals surface area contributed by atoms with Gasteiger partial charge >= 0.3 is 5.97 Å². The van der Waals surface area contributed by atoms with E-state index in [0.717, 1.165) is 11.3 Å². The number of carbonyl (C=O) groups is 1. The van der Waals surface area contributed by atoms with Crippen molar-refractivity contribution in [2.75, 3.05) is 12.4 Å². The van der Waals surface area contributed by atoms with Crippen LogP contribution < -0.4 is 5.32 Å². The van der Waals surface area contributed by atoms with Gasteiger partial charge < -0.3 is 10.1 Å². The fourth-order valence-corrected chi connectivity index (χ4v) is 1.83. The van der Waals surface area contributed by atoms with E-state index in [1.54, 1.807) is 12.1 Å². The van der Waals surface area contributed by atoms with E-state index in [0.29, 0.717) is 18.2 Å². The number of anilines is 1. The highest BCUT2D eigenvalue weighted by Crippen LogP contribution is 2.13. The molecule has 106 valence electrons. The number of rotatable bonds is 5. The minimum atomic E-state index is -0.332. The normalized spacial score (nSPS) is 10.6. The summed E-state index contributed by atoms with van der Waals surface area (Å²) in [5.41, 5.74) is 2.52. The van der Waals surface area contributed by atoms with Crippen molar-refractivity contribution in [1.82, 2.24) is 9.78 Å². The summed E-state index contributed by atoms with van der Waals surface area (Å²) in [7, 11) is 1.38. The van der Waals surface area contributed by atoms with Gasteiger partial charge in [-0.2, -0.15) is 5.10 Å². The number of aromatic nitrogens is 2. The quantitative estimate of drug-likeness (QED) is 0.851. The summed E-state index contributed by atoms with van der Waals surface area (Å²) in [5, 5.41) is 7.56. The van der Waals surface area contributed by atoms with E-state index in [2.05, 4.69) is 24.3 Å². The minimum absolute atomic E-state index is 0.332. The Kier molecular flexibility index (Phi) is 4.40. The molecule has 1 heterocycles. The predicted molar refractivity (Wildman–Crippen MR) is 77.7 cm³/mol. The molecule has 1 aromatic heterocycles. The number of esters is 1. The van der Waals surface area contributed by atoms with Gasteiger partial charge in [0.2, 0.25) is 0 Å². The molecule has 0 aliphatic carbocycles. The topological polar surface area (TPSA) is 56.1 Å². The van der Waals surface area contributed by atoms with Crippen molar-refractivity contribution in [2.24, 2.45) is 0 Å². The van der Waals surface area contributed by atoms with Crippen LogP contribution in [0.5, 0.6) is 0 Å². The van der Waals surface area contributed by atoms with Crippen LogP contribution in [0, 0.1) is 0 Å². The second kappa shape index (κ2) is 6.23. The van der Waals surface area contributed by atoms with Crippen LogP contribution in [0.3, 0.4) is 0 Å². The van der Waals surface area contributed by atoms with Gasteiger partial charge in [-0.05, 0) is 32.0 Å². The van der Waals surface area contributed by atoms with Gasteiger partial charge in [-0.25, -0.2) is 4.79 Å². The van der Waals surface area contributed by atoms with Gasteiger partial charge in [-0.15, -0.1) is 0 Å². The second-order valence-electron chi connectivity index (χ2n) is 4.85. The fourth-order valence-electron chi connectivity index (χ4n) is 1.83. The van der Waals surface area contributed by atoms with Crippen molar-refractivity contribution >= 4 is 11.7 Å². The third-order valence-electron chi connectivity index (χ3n) is 2.96. The largest absolute Gasteiger partial charge is 0.465 e. The Morgan fingerprint density at radius 3 is 2.90 bits per heavy atom. The van der Waals surface area contributed by atoms with Gasteiger partial charge in [0, 0.05) is 30.0 Å². The standard InChI is InChI=1S/C15H19N3O2/c1-11(2)18-10-12(9-17-18)8-16-14-6-4-5-13(7-14)15(19)20-3/h4-7,9-11,16H,8H2,1-3H3. The van der Waals surface area contributed by atoms with Crippen LogP contribution in [0.2, 0.25) is 0 Å². The molecule has 0 radical (unpaired) electrons. The Bertz CT molecular complexity index is 590. The highest BCUT2D eigenvalue weighted by molar-refractivity contribution is 5.90. The number of hydrogen-bond donors (Lipinski definition) is 1. The van der Waals surface area contributed by atoms with Crippen LogP contribution in [0.1, 0.15) is 35.8 Å². The number of nitrogens with zero attached hydrogens (tertiary/aromatic N) is 2. The van der Waals surface area contributed by atoms with Crippen molar-refractivity contribution in [1.29, 1.82) is 0 Å². The van der Waals surface area contributed by atoms with Crippen LogP contribution in [0.25, 0.3) is 0 Å². The Hall–Kier alpha value is -2.30. The van der Waals surface area contributed by atoms with Gasteiger partial charge in [-0.1, -0.05) is 6.07 Å². The minimum Gasteiger partial charge on any atom is -0.465 e. The Morgan fingerprint density at radius 2 is 2.25 bits per heavy atom. The highest BCUT2D eigenvalue weighted by atomic mass is 16.5. The molecule has 1 aromatic carbocycles. The molecule has 20 heavy (non-hydrogen) atoms. The lowest BCUT2D eigenvalue weighted by Crippen LogP contribution is -2.04. The second-order valence-corrected chi connectivity index (χ2v) is 4.85. The van der Waals surface area contributed by atoms with Crippen LogP contribution in [-0.2, 0) is 11.3 Å². The molecule has 0 aliphatic rings. The lowest BCUT2D eigenvalue weighted by molar-refractivity contribution is 0.0601. The highest BCUT2D eigenvalue weighted by Gasteiger charge is 2.06. The molecule has 0 aliphatic heterocycles. The third-order valence-corrected chi connectivity index (χ3v) is 2.96.